The van der Waals surface area contributed by atoms with E-state index in [0.29, 0.717) is 6.61 Å². The molecular formula is C16H18BrNO. The maximum Gasteiger partial charge on any atom is 0.0713 e. The van der Waals surface area contributed by atoms with E-state index in [0.717, 1.165) is 16.7 Å². The molecule has 0 radical (unpaired) electrons. The first-order valence-electron chi connectivity index (χ1n) is 6.26. The van der Waals surface area contributed by atoms with Crippen LogP contribution in [-0.4, -0.2) is 7.11 Å². The molecule has 0 bridgehead atoms. The summed E-state index contributed by atoms with van der Waals surface area (Å²) in [4.78, 5) is 0. The predicted molar refractivity (Wildman–Crippen MR) is 83.4 cm³/mol. The molecule has 0 aromatic heterocycles. The first kappa shape index (κ1) is 14.1. The summed E-state index contributed by atoms with van der Waals surface area (Å²) >= 11 is 3.56. The summed E-state index contributed by atoms with van der Waals surface area (Å²) in [6.45, 7) is 3.57. The van der Waals surface area contributed by atoms with E-state index in [9.17, 15) is 0 Å². The van der Waals surface area contributed by atoms with Crippen molar-refractivity contribution < 1.29 is 4.74 Å². The molecule has 19 heavy (non-hydrogen) atoms. The Morgan fingerprint density at radius 1 is 1.05 bits per heavy atom. The molecule has 3 heteroatoms. The van der Waals surface area contributed by atoms with Crippen LogP contribution in [0.1, 0.15) is 16.7 Å². The van der Waals surface area contributed by atoms with Crippen LogP contribution in [0.25, 0.3) is 0 Å². The smallest absolute Gasteiger partial charge is 0.0713 e. The Balaban J connectivity index is 2.00. The molecule has 0 amide bonds. The second kappa shape index (κ2) is 6.73. The zero-order chi connectivity index (χ0) is 13.7. The van der Waals surface area contributed by atoms with Gasteiger partial charge >= 0.3 is 0 Å². The van der Waals surface area contributed by atoms with Crippen LogP contribution in [0.5, 0.6) is 0 Å². The fourth-order valence-corrected chi connectivity index (χ4v) is 2.28. The number of hydrogen-bond donors (Lipinski definition) is 1. The largest absolute Gasteiger partial charge is 0.380 e. The van der Waals surface area contributed by atoms with Crippen molar-refractivity contribution in [3.05, 3.63) is 63.6 Å². The Bertz CT molecular complexity index is 537. The van der Waals surface area contributed by atoms with Crippen molar-refractivity contribution in [1.82, 2.24) is 0 Å². The number of rotatable bonds is 5. The fraction of sp³-hybridized carbons (Fsp3) is 0.250. The standard InChI is InChI=1S/C16H18BrNO/c1-12-3-8-15(17)16(9-12)18-10-13-4-6-14(7-5-13)11-19-2/h3-9,18H,10-11H2,1-2H3. The van der Waals surface area contributed by atoms with Gasteiger partial charge in [0.15, 0.2) is 0 Å². The van der Waals surface area contributed by atoms with Crippen LogP contribution < -0.4 is 5.32 Å². The first-order valence-corrected chi connectivity index (χ1v) is 7.05. The molecule has 2 rings (SSSR count). The molecule has 0 aliphatic heterocycles. The Kier molecular flexibility index (Phi) is 5.00. The maximum absolute atomic E-state index is 5.10. The van der Waals surface area contributed by atoms with E-state index >= 15 is 0 Å². The second-order valence-electron chi connectivity index (χ2n) is 4.59. The number of benzene rings is 2. The SMILES string of the molecule is COCc1ccc(CNc2cc(C)ccc2Br)cc1. The van der Waals surface area contributed by atoms with Gasteiger partial charge in [0.25, 0.3) is 0 Å². The molecule has 0 saturated heterocycles. The monoisotopic (exact) mass is 319 g/mol. The molecule has 100 valence electrons. The number of hydrogen-bond acceptors (Lipinski definition) is 2. The van der Waals surface area contributed by atoms with Gasteiger partial charge in [0.1, 0.15) is 0 Å². The third kappa shape index (κ3) is 4.08. The van der Waals surface area contributed by atoms with Gasteiger partial charge in [-0.2, -0.15) is 0 Å². The van der Waals surface area contributed by atoms with E-state index in [4.69, 9.17) is 4.74 Å². The summed E-state index contributed by atoms with van der Waals surface area (Å²) in [7, 11) is 1.71. The van der Waals surface area contributed by atoms with Gasteiger partial charge in [0.2, 0.25) is 0 Å². The van der Waals surface area contributed by atoms with Crippen molar-refractivity contribution in [1.29, 1.82) is 0 Å². The molecule has 0 spiro atoms. The van der Waals surface area contributed by atoms with Crippen LogP contribution in [0.15, 0.2) is 46.9 Å². The minimum absolute atomic E-state index is 0.664. The highest BCUT2D eigenvalue weighted by atomic mass is 79.9. The molecule has 2 aromatic rings. The lowest BCUT2D eigenvalue weighted by Crippen LogP contribution is -2.00. The summed E-state index contributed by atoms with van der Waals surface area (Å²) in [5.74, 6) is 0. The summed E-state index contributed by atoms with van der Waals surface area (Å²) in [5.41, 5.74) is 4.83. The summed E-state index contributed by atoms with van der Waals surface area (Å²) in [6, 6.07) is 14.8. The molecule has 2 nitrogen and oxygen atoms in total. The molecule has 0 aliphatic carbocycles. The topological polar surface area (TPSA) is 21.3 Å². The number of nitrogens with one attached hydrogen (secondary N) is 1. The van der Waals surface area contributed by atoms with Crippen molar-refractivity contribution >= 4 is 21.6 Å². The quantitative estimate of drug-likeness (QED) is 0.875. The lowest BCUT2D eigenvalue weighted by Gasteiger charge is -2.10. The Labute approximate surface area is 122 Å². The Morgan fingerprint density at radius 2 is 1.74 bits per heavy atom. The molecule has 0 atom stereocenters. The highest BCUT2D eigenvalue weighted by Crippen LogP contribution is 2.23. The van der Waals surface area contributed by atoms with Crippen LogP contribution in [-0.2, 0) is 17.9 Å². The lowest BCUT2D eigenvalue weighted by molar-refractivity contribution is 0.185. The number of methoxy groups -OCH3 is 1. The van der Waals surface area contributed by atoms with Gasteiger partial charge in [-0.3, -0.25) is 0 Å². The van der Waals surface area contributed by atoms with E-state index < -0.39 is 0 Å². The van der Waals surface area contributed by atoms with Crippen molar-refractivity contribution in [2.75, 3.05) is 12.4 Å². The van der Waals surface area contributed by atoms with Crippen molar-refractivity contribution in [2.24, 2.45) is 0 Å². The van der Waals surface area contributed by atoms with Crippen LogP contribution in [0.4, 0.5) is 5.69 Å². The number of aryl methyl sites for hydroxylation is 1. The number of anilines is 1. The third-order valence-corrected chi connectivity index (χ3v) is 3.63. The van der Waals surface area contributed by atoms with E-state index in [1.807, 2.05) is 0 Å². The van der Waals surface area contributed by atoms with Gasteiger partial charge in [0, 0.05) is 23.8 Å². The predicted octanol–water partition coefficient (Wildman–Crippen LogP) is 4.52. The van der Waals surface area contributed by atoms with Crippen LogP contribution >= 0.6 is 15.9 Å². The van der Waals surface area contributed by atoms with Gasteiger partial charge in [-0.05, 0) is 51.7 Å². The van der Waals surface area contributed by atoms with Gasteiger partial charge in [0.05, 0.1) is 6.61 Å². The lowest BCUT2D eigenvalue weighted by atomic mass is 10.1. The average Bonchev–Trinajstić information content (AvgIpc) is 2.42. The summed E-state index contributed by atoms with van der Waals surface area (Å²) in [5, 5.41) is 3.44. The van der Waals surface area contributed by atoms with E-state index in [1.165, 1.54) is 16.7 Å². The molecular weight excluding hydrogens is 302 g/mol. The molecule has 0 saturated carbocycles. The highest BCUT2D eigenvalue weighted by molar-refractivity contribution is 9.10. The Morgan fingerprint density at radius 3 is 2.42 bits per heavy atom. The summed E-state index contributed by atoms with van der Waals surface area (Å²) in [6.07, 6.45) is 0. The first-order chi connectivity index (χ1) is 9.19. The van der Waals surface area contributed by atoms with Crippen molar-refractivity contribution in [2.45, 2.75) is 20.1 Å². The number of ether oxygens (including phenoxy) is 1. The summed E-state index contributed by atoms with van der Waals surface area (Å²) < 4.78 is 6.20. The fourth-order valence-electron chi connectivity index (χ4n) is 1.89. The maximum atomic E-state index is 5.10. The van der Waals surface area contributed by atoms with Crippen molar-refractivity contribution in [3.63, 3.8) is 0 Å². The zero-order valence-electron chi connectivity index (χ0n) is 11.2. The van der Waals surface area contributed by atoms with Crippen LogP contribution in [0, 0.1) is 6.92 Å². The molecule has 0 heterocycles. The van der Waals surface area contributed by atoms with Gasteiger partial charge < -0.3 is 10.1 Å². The van der Waals surface area contributed by atoms with E-state index in [2.05, 4.69) is 70.6 Å². The average molecular weight is 320 g/mol. The number of halogens is 1. The normalized spacial score (nSPS) is 10.5. The van der Waals surface area contributed by atoms with Crippen LogP contribution in [0.2, 0.25) is 0 Å². The molecule has 0 unspecified atom stereocenters. The molecule has 0 fully saturated rings. The van der Waals surface area contributed by atoms with E-state index in [-0.39, 0.29) is 0 Å². The third-order valence-electron chi connectivity index (χ3n) is 2.94. The van der Waals surface area contributed by atoms with Gasteiger partial charge in [-0.1, -0.05) is 30.3 Å². The van der Waals surface area contributed by atoms with Gasteiger partial charge in [-0.15, -0.1) is 0 Å². The molecule has 1 N–H and O–H groups in total. The van der Waals surface area contributed by atoms with Gasteiger partial charge in [-0.25, -0.2) is 0 Å². The highest BCUT2D eigenvalue weighted by Gasteiger charge is 2.00. The second-order valence-corrected chi connectivity index (χ2v) is 5.44. The molecule has 0 aliphatic rings. The van der Waals surface area contributed by atoms with Crippen molar-refractivity contribution in [3.8, 4) is 0 Å². The zero-order valence-corrected chi connectivity index (χ0v) is 12.8. The minimum Gasteiger partial charge on any atom is -0.380 e. The Hall–Kier alpha value is -1.32. The van der Waals surface area contributed by atoms with E-state index in [1.54, 1.807) is 7.11 Å². The minimum atomic E-state index is 0.664. The van der Waals surface area contributed by atoms with Crippen LogP contribution in [0.3, 0.4) is 0 Å². The molecule has 2 aromatic carbocycles.